The smallest absolute Gasteiger partial charge is 0.394 e. The molecular formula is C17H27NO5. The Hall–Kier alpha value is -2.37. The van der Waals surface area contributed by atoms with Gasteiger partial charge in [-0.3, -0.25) is 9.59 Å². The van der Waals surface area contributed by atoms with Crippen LogP contribution < -0.4 is 4.90 Å². The van der Waals surface area contributed by atoms with Crippen molar-refractivity contribution in [3.8, 4) is 0 Å². The molecule has 6 nitrogen and oxygen atoms in total. The summed E-state index contributed by atoms with van der Waals surface area (Å²) in [6.07, 6.45) is 0. The van der Waals surface area contributed by atoms with E-state index < -0.39 is 23.8 Å². The summed E-state index contributed by atoms with van der Waals surface area (Å²) < 4.78 is 0. The van der Waals surface area contributed by atoms with Crippen molar-refractivity contribution in [1.29, 1.82) is 0 Å². The highest BCUT2D eigenvalue weighted by atomic mass is 16.4. The highest BCUT2D eigenvalue weighted by Crippen LogP contribution is 2.17. The van der Waals surface area contributed by atoms with Gasteiger partial charge in [0.05, 0.1) is 5.92 Å². The number of carboxylic acids is 2. The molecule has 6 heteroatoms. The zero-order chi connectivity index (χ0) is 18.6. The number of carbonyl (C=O) groups excluding carboxylic acids is 1. The van der Waals surface area contributed by atoms with E-state index in [-0.39, 0.29) is 6.54 Å². The van der Waals surface area contributed by atoms with Crippen molar-refractivity contribution in [2.45, 2.75) is 41.5 Å². The van der Waals surface area contributed by atoms with Gasteiger partial charge in [-0.05, 0) is 19.1 Å². The van der Waals surface area contributed by atoms with Crippen molar-refractivity contribution in [3.63, 3.8) is 0 Å². The second-order valence-electron chi connectivity index (χ2n) is 4.30. The zero-order valence-electron chi connectivity index (χ0n) is 14.7. The Bertz CT molecular complexity index is 496. The molecule has 0 heterocycles. The van der Waals surface area contributed by atoms with Crippen molar-refractivity contribution in [3.05, 3.63) is 29.8 Å². The van der Waals surface area contributed by atoms with Gasteiger partial charge in [0, 0.05) is 12.2 Å². The van der Waals surface area contributed by atoms with Crippen LogP contribution in [0.5, 0.6) is 0 Å². The van der Waals surface area contributed by atoms with Gasteiger partial charge in [0.15, 0.2) is 0 Å². The van der Waals surface area contributed by atoms with Crippen LogP contribution in [0.25, 0.3) is 0 Å². The summed E-state index contributed by atoms with van der Waals surface area (Å²) in [6.45, 7) is 11.1. The second kappa shape index (κ2) is 12.2. The summed E-state index contributed by atoms with van der Waals surface area (Å²) in [7, 11) is 0. The van der Waals surface area contributed by atoms with Gasteiger partial charge >= 0.3 is 17.8 Å². The Balaban J connectivity index is 0. The molecule has 0 spiro atoms. The number of aryl methyl sites for hydroxylation is 1. The molecule has 0 aromatic heterocycles. The summed E-state index contributed by atoms with van der Waals surface area (Å²) in [6, 6.07) is 6.63. The molecule has 0 bridgehead atoms. The minimum Gasteiger partial charge on any atom is -0.481 e. The van der Waals surface area contributed by atoms with Gasteiger partial charge in [0.25, 0.3) is 0 Å². The van der Waals surface area contributed by atoms with E-state index in [4.69, 9.17) is 10.2 Å². The summed E-state index contributed by atoms with van der Waals surface area (Å²) in [5.74, 6) is -4.70. The summed E-state index contributed by atoms with van der Waals surface area (Å²) >= 11 is 0. The number of hydrogen-bond donors (Lipinski definition) is 2. The molecule has 0 saturated heterocycles. The molecule has 0 saturated carbocycles. The Kier molecular flexibility index (Phi) is 12.2. The fraction of sp³-hybridized carbons (Fsp3) is 0.471. The Morgan fingerprint density at radius 3 is 1.78 bits per heavy atom. The number of hydrogen-bond acceptors (Lipinski definition) is 3. The zero-order valence-corrected chi connectivity index (χ0v) is 14.7. The number of amides is 1. The maximum Gasteiger partial charge on any atom is 0.394 e. The van der Waals surface area contributed by atoms with Crippen molar-refractivity contribution in [1.82, 2.24) is 0 Å². The standard InChI is InChI=1S/C13H15NO5.2C2H6/c1-8-3-5-10(6-4-8)14(11(15)13(18)19)7-9(2)12(16)17;2*1-2/h3-6,9H,7H2,1-2H3,(H,16,17)(H,18,19);2*1-2H3. The fourth-order valence-electron chi connectivity index (χ4n) is 1.50. The normalized spacial score (nSPS) is 10.2. The fourth-order valence-corrected chi connectivity index (χ4v) is 1.50. The molecule has 1 atom stereocenters. The molecule has 1 rings (SSSR count). The molecule has 130 valence electrons. The molecule has 0 radical (unpaired) electrons. The van der Waals surface area contributed by atoms with Crippen LogP contribution in [-0.2, 0) is 14.4 Å². The van der Waals surface area contributed by atoms with E-state index in [0.29, 0.717) is 5.69 Å². The van der Waals surface area contributed by atoms with Gasteiger partial charge in [0.2, 0.25) is 0 Å². The van der Waals surface area contributed by atoms with E-state index in [9.17, 15) is 14.4 Å². The van der Waals surface area contributed by atoms with Gasteiger partial charge in [-0.25, -0.2) is 4.79 Å². The SMILES string of the molecule is CC.CC.Cc1ccc(N(CC(C)C(=O)O)C(=O)C(=O)O)cc1. The van der Waals surface area contributed by atoms with Crippen molar-refractivity contribution in [2.24, 2.45) is 5.92 Å². The summed E-state index contributed by atoms with van der Waals surface area (Å²) in [5.41, 5.74) is 1.32. The van der Waals surface area contributed by atoms with Crippen LogP contribution in [0.2, 0.25) is 0 Å². The van der Waals surface area contributed by atoms with Gasteiger partial charge in [-0.1, -0.05) is 52.3 Å². The minimum absolute atomic E-state index is 0.191. The molecule has 2 N–H and O–H groups in total. The molecule has 0 fully saturated rings. The molecular weight excluding hydrogens is 298 g/mol. The predicted molar refractivity (Wildman–Crippen MR) is 90.7 cm³/mol. The third kappa shape index (κ3) is 7.99. The number of benzene rings is 1. The van der Waals surface area contributed by atoms with E-state index in [1.54, 1.807) is 24.3 Å². The number of aliphatic carboxylic acids is 2. The minimum atomic E-state index is -1.61. The molecule has 1 unspecified atom stereocenters. The number of carboxylic acid groups (broad SMARTS) is 2. The lowest BCUT2D eigenvalue weighted by atomic mass is 10.1. The predicted octanol–water partition coefficient (Wildman–Crippen LogP) is 3.19. The van der Waals surface area contributed by atoms with Crippen LogP contribution in [0.1, 0.15) is 40.2 Å². The lowest BCUT2D eigenvalue weighted by Crippen LogP contribution is -2.41. The second-order valence-corrected chi connectivity index (χ2v) is 4.30. The van der Waals surface area contributed by atoms with Crippen LogP contribution >= 0.6 is 0 Å². The van der Waals surface area contributed by atoms with Crippen molar-refractivity contribution >= 4 is 23.5 Å². The molecule has 0 aliphatic rings. The largest absolute Gasteiger partial charge is 0.481 e. The highest BCUT2D eigenvalue weighted by molar-refractivity contribution is 6.37. The van der Waals surface area contributed by atoms with Gasteiger partial charge in [-0.15, -0.1) is 0 Å². The average molecular weight is 325 g/mol. The first-order chi connectivity index (χ1) is 10.8. The lowest BCUT2D eigenvalue weighted by Gasteiger charge is -2.22. The molecule has 1 amide bonds. The third-order valence-electron chi connectivity index (χ3n) is 2.65. The first-order valence-corrected chi connectivity index (χ1v) is 7.67. The Morgan fingerprint density at radius 1 is 1.00 bits per heavy atom. The maximum atomic E-state index is 11.6. The molecule has 23 heavy (non-hydrogen) atoms. The van der Waals surface area contributed by atoms with Gasteiger partial charge < -0.3 is 15.1 Å². The van der Waals surface area contributed by atoms with E-state index in [2.05, 4.69) is 0 Å². The third-order valence-corrected chi connectivity index (χ3v) is 2.65. The summed E-state index contributed by atoms with van der Waals surface area (Å²) in [4.78, 5) is 34.2. The van der Waals surface area contributed by atoms with Crippen LogP contribution in [-0.4, -0.2) is 34.6 Å². The van der Waals surface area contributed by atoms with Crippen LogP contribution in [0.4, 0.5) is 5.69 Å². The average Bonchev–Trinajstić information content (AvgIpc) is 2.56. The molecule has 1 aromatic rings. The van der Waals surface area contributed by atoms with Crippen LogP contribution in [0.15, 0.2) is 24.3 Å². The Labute approximate surface area is 137 Å². The Morgan fingerprint density at radius 2 is 1.43 bits per heavy atom. The summed E-state index contributed by atoms with van der Waals surface area (Å²) in [5, 5.41) is 17.6. The molecule has 0 aliphatic heterocycles. The van der Waals surface area contributed by atoms with E-state index in [1.807, 2.05) is 34.6 Å². The van der Waals surface area contributed by atoms with Crippen molar-refractivity contribution in [2.75, 3.05) is 11.4 Å². The van der Waals surface area contributed by atoms with E-state index in [0.717, 1.165) is 10.5 Å². The first-order valence-electron chi connectivity index (χ1n) is 7.67. The molecule has 0 aliphatic carbocycles. The highest BCUT2D eigenvalue weighted by Gasteiger charge is 2.26. The number of anilines is 1. The number of carbonyl (C=O) groups is 3. The van der Waals surface area contributed by atoms with Crippen LogP contribution in [0, 0.1) is 12.8 Å². The monoisotopic (exact) mass is 325 g/mol. The maximum absolute atomic E-state index is 11.6. The van der Waals surface area contributed by atoms with Crippen molar-refractivity contribution < 1.29 is 24.6 Å². The number of rotatable bonds is 4. The van der Waals surface area contributed by atoms with Gasteiger partial charge in [0.1, 0.15) is 0 Å². The first kappa shape index (κ1) is 22.9. The lowest BCUT2D eigenvalue weighted by molar-refractivity contribution is -0.149. The molecule has 1 aromatic carbocycles. The van der Waals surface area contributed by atoms with E-state index in [1.165, 1.54) is 6.92 Å². The number of nitrogens with zero attached hydrogens (tertiary/aromatic N) is 1. The van der Waals surface area contributed by atoms with Gasteiger partial charge in [-0.2, -0.15) is 0 Å². The topological polar surface area (TPSA) is 94.9 Å². The quantitative estimate of drug-likeness (QED) is 0.829. The van der Waals surface area contributed by atoms with Crippen LogP contribution in [0.3, 0.4) is 0 Å². The van der Waals surface area contributed by atoms with E-state index >= 15 is 0 Å².